The van der Waals surface area contributed by atoms with Crippen LogP contribution < -0.4 is 87.6 Å². The van der Waals surface area contributed by atoms with Crippen LogP contribution in [0.15, 0.2) is 35.3 Å². The highest BCUT2D eigenvalue weighted by Gasteiger charge is 2.35. The number of unbranched alkanes of at least 4 members (excludes halogenated alkanes) is 2. The molecule has 0 saturated heterocycles. The summed E-state index contributed by atoms with van der Waals surface area (Å²) >= 11 is 0. The Morgan fingerprint density at radius 1 is 0.525 bits per heavy atom. The number of hydrogen-bond donors (Lipinski definition) is 19. The van der Waals surface area contributed by atoms with Gasteiger partial charge in [0.2, 0.25) is 65.0 Å². The average Bonchev–Trinajstić information content (AvgIpc) is 3.40. The molecule has 0 bridgehead atoms. The molecule has 0 heterocycles. The lowest BCUT2D eigenvalue weighted by molar-refractivity contribution is -0.137. The molecule has 1 aromatic carbocycles. The summed E-state index contributed by atoms with van der Waals surface area (Å²) in [6.45, 7) is 1.55. The normalized spacial score (nSPS) is 14.6. The summed E-state index contributed by atoms with van der Waals surface area (Å²) in [4.78, 5) is 159. The maximum absolute atomic E-state index is 14.2. The van der Waals surface area contributed by atoms with Crippen molar-refractivity contribution >= 4 is 76.8 Å². The fourth-order valence-corrected chi connectivity index (χ4v) is 7.13. The molecule has 12 amide bonds. The van der Waals surface area contributed by atoms with E-state index in [1.54, 1.807) is 30.3 Å². The highest BCUT2D eigenvalue weighted by atomic mass is 16.3. The van der Waals surface area contributed by atoms with Crippen molar-refractivity contribution in [1.82, 2.24) is 53.2 Å². The largest absolute Gasteiger partial charge is 0.394 e. The number of primary amides is 2. The van der Waals surface area contributed by atoms with Gasteiger partial charge in [-0.2, -0.15) is 0 Å². The number of aliphatic hydroxyl groups is 3. The zero-order valence-corrected chi connectivity index (χ0v) is 45.1. The van der Waals surface area contributed by atoms with Gasteiger partial charge in [-0.3, -0.25) is 62.5 Å². The minimum atomic E-state index is -1.83. The Labute approximate surface area is 462 Å². The monoisotopic (exact) mass is 1140 g/mol. The predicted octanol–water partition coefficient (Wildman–Crippen LogP) is -8.75. The van der Waals surface area contributed by atoms with Gasteiger partial charge in [-0.15, -0.1) is 0 Å². The van der Waals surface area contributed by atoms with Crippen LogP contribution in [0.3, 0.4) is 0 Å². The summed E-state index contributed by atoms with van der Waals surface area (Å²) in [7, 11) is 0. The van der Waals surface area contributed by atoms with Crippen LogP contribution >= 0.6 is 0 Å². The standard InChI is InChI=1S/C48H81N17O15/c1-25(59-47(80)38(27(3)68)65-44(77)32(17-18-34(51)69)61-41(74)29(50)14-7-9-19-49)39(72)60-31(16-11-21-56-48(53)54)42(75)62-30(15-8-10-20-55-40(73)28-12-5-4-6-13-28)43(76)63-33(24-66)45(78)64-37(26(2)67)46(79)58-23-36(71)57-22-35(52)70/h4-6,12-13,25-27,29-33,37-38,66-68H,7-11,14-24,49-50H2,1-3H3,(H2,51,69)(H2,52,70)(H,55,73)(H,57,71)(H,58,79)(H,59,80)(H,60,72)(H,61,74)(H,62,75)(H,63,76)(H,64,78)(H,65,77)(H4,53,54,56)/t25-,26+,27+,29-,30-,31-,32-,33-,37-,38-/m0/s1. The van der Waals surface area contributed by atoms with E-state index in [0.29, 0.717) is 24.9 Å². The van der Waals surface area contributed by atoms with E-state index >= 15 is 0 Å². The number of benzene rings is 1. The average molecular weight is 1140 g/mol. The van der Waals surface area contributed by atoms with Gasteiger partial charge in [0.15, 0.2) is 5.96 Å². The molecule has 0 radical (unpaired) electrons. The second-order valence-corrected chi connectivity index (χ2v) is 18.5. The van der Waals surface area contributed by atoms with E-state index in [1.165, 1.54) is 6.92 Å². The molecular weight excluding hydrogens is 1050 g/mol. The molecule has 0 fully saturated rings. The third-order valence-corrected chi connectivity index (χ3v) is 11.6. The second-order valence-electron chi connectivity index (χ2n) is 18.5. The summed E-state index contributed by atoms with van der Waals surface area (Å²) in [6.07, 6.45) is -2.58. The van der Waals surface area contributed by atoms with Gasteiger partial charge in [-0.25, -0.2) is 0 Å². The van der Waals surface area contributed by atoms with Crippen LogP contribution in [0.4, 0.5) is 0 Å². The number of amides is 12. The van der Waals surface area contributed by atoms with Crippen molar-refractivity contribution in [1.29, 1.82) is 0 Å². The summed E-state index contributed by atoms with van der Waals surface area (Å²) in [5.41, 5.74) is 33.1. The van der Waals surface area contributed by atoms with Gasteiger partial charge in [0.25, 0.3) is 5.91 Å². The molecule has 0 saturated carbocycles. The summed E-state index contributed by atoms with van der Waals surface area (Å²) in [5.74, 6) is -11.4. The smallest absolute Gasteiger partial charge is 0.251 e. The van der Waals surface area contributed by atoms with E-state index in [2.05, 4.69) is 58.2 Å². The molecule has 448 valence electrons. The zero-order chi connectivity index (χ0) is 60.5. The van der Waals surface area contributed by atoms with Crippen molar-refractivity contribution in [2.75, 3.05) is 39.3 Å². The second kappa shape index (κ2) is 37.7. The van der Waals surface area contributed by atoms with Crippen molar-refractivity contribution in [3.8, 4) is 0 Å². The Morgan fingerprint density at radius 3 is 1.59 bits per heavy atom. The van der Waals surface area contributed by atoms with E-state index in [-0.39, 0.29) is 70.4 Å². The minimum Gasteiger partial charge on any atom is -0.394 e. The Kier molecular flexibility index (Phi) is 33.0. The molecule has 0 aliphatic carbocycles. The van der Waals surface area contributed by atoms with Crippen molar-refractivity contribution in [3.05, 3.63) is 35.9 Å². The third-order valence-electron chi connectivity index (χ3n) is 11.6. The SMILES string of the molecule is C[C@H](NC(=O)[C@@H](NC(=O)[C@H](CCC(N)=O)NC(=O)[C@@H](N)CCCCN)[C@@H](C)O)C(=O)N[C@@H](CCCN=C(N)N)C(=O)N[C@@H](CCCCNC(=O)c1ccccc1)C(=O)N[C@@H](CO)C(=O)N[C@H](C(=O)NCC(=O)NCC(N)=O)[C@@H](C)O. The molecule has 0 unspecified atom stereocenters. The summed E-state index contributed by atoms with van der Waals surface area (Å²) < 4.78 is 0. The van der Waals surface area contributed by atoms with Gasteiger partial charge in [0, 0.05) is 25.1 Å². The fourth-order valence-electron chi connectivity index (χ4n) is 7.13. The van der Waals surface area contributed by atoms with Crippen LogP contribution in [0, 0.1) is 0 Å². The minimum absolute atomic E-state index is 0.0417. The number of nitrogens with two attached hydrogens (primary N) is 6. The van der Waals surface area contributed by atoms with Gasteiger partial charge < -0.3 is 103 Å². The third kappa shape index (κ3) is 28.0. The van der Waals surface area contributed by atoms with E-state index in [4.69, 9.17) is 34.4 Å². The molecular formula is C48H81N17O15. The number of rotatable bonds is 39. The van der Waals surface area contributed by atoms with Crippen LogP contribution in [-0.4, -0.2) is 192 Å². The van der Waals surface area contributed by atoms with Crippen molar-refractivity contribution < 1.29 is 72.9 Å². The molecule has 0 aliphatic heterocycles. The van der Waals surface area contributed by atoms with Gasteiger partial charge >= 0.3 is 0 Å². The summed E-state index contributed by atoms with van der Waals surface area (Å²) in [5, 5.41) is 54.7. The first-order chi connectivity index (χ1) is 37.7. The van der Waals surface area contributed by atoms with Crippen LogP contribution in [0.2, 0.25) is 0 Å². The quantitative estimate of drug-likeness (QED) is 0.0165. The van der Waals surface area contributed by atoms with Crippen LogP contribution in [0.5, 0.6) is 0 Å². The predicted molar refractivity (Wildman–Crippen MR) is 287 cm³/mol. The maximum atomic E-state index is 14.2. The molecule has 32 nitrogen and oxygen atoms in total. The number of hydrogen-bond acceptors (Lipinski definition) is 18. The topological polar surface area (TPSA) is 554 Å². The van der Waals surface area contributed by atoms with Gasteiger partial charge in [-0.05, 0) is 90.8 Å². The van der Waals surface area contributed by atoms with E-state index in [9.17, 15) is 72.9 Å². The van der Waals surface area contributed by atoms with Gasteiger partial charge in [-0.1, -0.05) is 24.6 Å². The lowest BCUT2D eigenvalue weighted by atomic mass is 10.0. The number of guanidine groups is 1. The Morgan fingerprint density at radius 2 is 1.04 bits per heavy atom. The highest BCUT2D eigenvalue weighted by Crippen LogP contribution is 2.09. The molecule has 10 atom stereocenters. The van der Waals surface area contributed by atoms with E-state index in [0.717, 1.165) is 13.8 Å². The van der Waals surface area contributed by atoms with Crippen LogP contribution in [0.1, 0.15) is 95.3 Å². The number of aliphatic imine (C=N–C) groups is 1. The van der Waals surface area contributed by atoms with Crippen LogP contribution in [0.25, 0.3) is 0 Å². The maximum Gasteiger partial charge on any atom is 0.251 e. The fraction of sp³-hybridized carbons (Fsp3) is 0.604. The first kappa shape index (κ1) is 69.9. The Bertz CT molecular complexity index is 2270. The lowest BCUT2D eigenvalue weighted by Crippen LogP contribution is -2.61. The molecule has 80 heavy (non-hydrogen) atoms. The molecule has 0 spiro atoms. The molecule has 25 N–H and O–H groups in total. The Balaban J connectivity index is 3.42. The number of carbonyl (C=O) groups excluding carboxylic acids is 12. The first-order valence-corrected chi connectivity index (χ1v) is 25.8. The number of carbonyl (C=O) groups is 12. The molecule has 0 aliphatic rings. The lowest BCUT2D eigenvalue weighted by Gasteiger charge is -2.28. The van der Waals surface area contributed by atoms with E-state index < -0.39 is 151 Å². The van der Waals surface area contributed by atoms with Crippen molar-refractivity contribution in [2.24, 2.45) is 39.4 Å². The molecule has 32 heteroatoms. The Hall–Kier alpha value is -8.07. The van der Waals surface area contributed by atoms with Crippen LogP contribution in [-0.2, 0) is 52.7 Å². The summed E-state index contributed by atoms with van der Waals surface area (Å²) in [6, 6.07) is -4.16. The van der Waals surface area contributed by atoms with Gasteiger partial charge in [0.05, 0.1) is 37.9 Å². The number of nitrogens with zero attached hydrogens (tertiary/aromatic N) is 1. The number of nitrogens with one attached hydrogen (secondary N) is 10. The zero-order valence-electron chi connectivity index (χ0n) is 45.1. The van der Waals surface area contributed by atoms with Crippen molar-refractivity contribution in [2.45, 2.75) is 146 Å². The van der Waals surface area contributed by atoms with Crippen molar-refractivity contribution in [3.63, 3.8) is 0 Å². The highest BCUT2D eigenvalue weighted by molar-refractivity contribution is 5.98. The first-order valence-electron chi connectivity index (χ1n) is 25.8. The molecule has 1 rings (SSSR count). The van der Waals surface area contributed by atoms with E-state index in [1.807, 2.05) is 0 Å². The number of aliphatic hydroxyl groups excluding tert-OH is 3. The molecule has 0 aromatic heterocycles. The molecule has 1 aromatic rings. The van der Waals surface area contributed by atoms with Gasteiger partial charge in [0.1, 0.15) is 42.3 Å².